The number of hydrogen-bond donors (Lipinski definition) is 2. The smallest absolute Gasteiger partial charge is 0.220 e. The number of carbonyl (C=O) groups is 1. The fraction of sp³-hybridized carbons (Fsp3) is 0.615. The second-order valence-corrected chi connectivity index (χ2v) is 5.83. The molecule has 4 heteroatoms. The van der Waals surface area contributed by atoms with Gasteiger partial charge in [0.2, 0.25) is 5.91 Å². The van der Waals surface area contributed by atoms with E-state index in [1.54, 1.807) is 11.3 Å². The van der Waals surface area contributed by atoms with Crippen LogP contribution in [0, 0.1) is 5.41 Å². The summed E-state index contributed by atoms with van der Waals surface area (Å²) in [5.74, 6) is 0.0854. The van der Waals surface area contributed by atoms with Crippen molar-refractivity contribution in [2.24, 2.45) is 5.41 Å². The third-order valence-electron chi connectivity index (χ3n) is 2.77. The maximum atomic E-state index is 11.6. The topological polar surface area (TPSA) is 49.3 Å². The van der Waals surface area contributed by atoms with E-state index in [4.69, 9.17) is 5.11 Å². The summed E-state index contributed by atoms with van der Waals surface area (Å²) in [6, 6.07) is 2.05. The van der Waals surface area contributed by atoms with Gasteiger partial charge in [0.1, 0.15) is 0 Å². The molecule has 0 fully saturated rings. The van der Waals surface area contributed by atoms with E-state index in [-0.39, 0.29) is 17.9 Å². The molecule has 3 nitrogen and oxygen atoms in total. The van der Waals surface area contributed by atoms with Crippen molar-refractivity contribution in [2.45, 2.75) is 33.1 Å². The molecule has 1 heterocycles. The van der Waals surface area contributed by atoms with E-state index in [0.29, 0.717) is 19.4 Å². The summed E-state index contributed by atoms with van der Waals surface area (Å²) in [5, 5.41) is 15.9. The summed E-state index contributed by atoms with van der Waals surface area (Å²) < 4.78 is 0. The zero-order valence-electron chi connectivity index (χ0n) is 10.5. The molecule has 0 aliphatic rings. The fourth-order valence-corrected chi connectivity index (χ4v) is 2.21. The zero-order valence-corrected chi connectivity index (χ0v) is 11.3. The molecule has 1 amide bonds. The van der Waals surface area contributed by atoms with Crippen molar-refractivity contribution < 1.29 is 9.90 Å². The minimum atomic E-state index is -0.0349. The lowest BCUT2D eigenvalue weighted by Crippen LogP contribution is -2.34. The Morgan fingerprint density at radius 3 is 2.88 bits per heavy atom. The quantitative estimate of drug-likeness (QED) is 0.785. The first kappa shape index (κ1) is 14.2. The largest absolute Gasteiger partial charge is 0.396 e. The lowest BCUT2D eigenvalue weighted by atomic mass is 9.90. The Kier molecular flexibility index (Phi) is 5.65. The molecule has 17 heavy (non-hydrogen) atoms. The van der Waals surface area contributed by atoms with Gasteiger partial charge in [0.25, 0.3) is 0 Å². The van der Waals surface area contributed by atoms with Gasteiger partial charge in [-0.3, -0.25) is 4.79 Å². The normalized spacial score (nSPS) is 11.5. The maximum Gasteiger partial charge on any atom is 0.220 e. The Morgan fingerprint density at radius 2 is 2.29 bits per heavy atom. The Morgan fingerprint density at radius 1 is 1.53 bits per heavy atom. The number of thiophene rings is 1. The first-order chi connectivity index (χ1) is 8.03. The lowest BCUT2D eigenvalue weighted by Gasteiger charge is -2.23. The van der Waals surface area contributed by atoms with Gasteiger partial charge in [0, 0.05) is 19.6 Å². The molecule has 0 unspecified atom stereocenters. The molecule has 0 bridgehead atoms. The molecular weight excluding hydrogens is 234 g/mol. The van der Waals surface area contributed by atoms with Crippen LogP contribution in [-0.4, -0.2) is 24.2 Å². The van der Waals surface area contributed by atoms with Crippen molar-refractivity contribution in [3.8, 4) is 0 Å². The Labute approximate surface area is 107 Å². The van der Waals surface area contributed by atoms with E-state index < -0.39 is 0 Å². The van der Waals surface area contributed by atoms with Crippen molar-refractivity contribution >= 4 is 17.2 Å². The molecule has 96 valence electrons. The van der Waals surface area contributed by atoms with Crippen LogP contribution in [0.1, 0.15) is 32.3 Å². The van der Waals surface area contributed by atoms with Gasteiger partial charge >= 0.3 is 0 Å². The third-order valence-corrected chi connectivity index (χ3v) is 3.51. The minimum Gasteiger partial charge on any atom is -0.396 e. The summed E-state index contributed by atoms with van der Waals surface area (Å²) in [6.07, 6.45) is 2.04. The maximum absolute atomic E-state index is 11.6. The molecule has 0 saturated heterocycles. The standard InChI is InChI=1S/C13H21NO2S/c1-13(2,6-7-15)10-14-12(16)4-3-11-5-8-17-9-11/h5,8-9,15H,3-4,6-7,10H2,1-2H3,(H,14,16). The Hall–Kier alpha value is -0.870. The summed E-state index contributed by atoms with van der Waals surface area (Å²) in [7, 11) is 0. The molecule has 0 saturated carbocycles. The van der Waals surface area contributed by atoms with Crippen LogP contribution in [0.2, 0.25) is 0 Å². The predicted molar refractivity (Wildman–Crippen MR) is 71.1 cm³/mol. The van der Waals surface area contributed by atoms with E-state index in [9.17, 15) is 4.79 Å². The predicted octanol–water partition coefficient (Wildman–Crippen LogP) is 2.21. The lowest BCUT2D eigenvalue weighted by molar-refractivity contribution is -0.121. The zero-order chi connectivity index (χ0) is 12.7. The molecule has 0 aliphatic carbocycles. The first-order valence-corrected chi connectivity index (χ1v) is 6.86. The molecule has 0 atom stereocenters. The van der Waals surface area contributed by atoms with Gasteiger partial charge < -0.3 is 10.4 Å². The number of rotatable bonds is 7. The van der Waals surface area contributed by atoms with E-state index in [0.717, 1.165) is 6.42 Å². The Bertz CT molecular complexity index is 333. The van der Waals surface area contributed by atoms with Crippen LogP contribution in [-0.2, 0) is 11.2 Å². The van der Waals surface area contributed by atoms with Gasteiger partial charge in [-0.1, -0.05) is 13.8 Å². The van der Waals surface area contributed by atoms with E-state index >= 15 is 0 Å². The molecule has 0 radical (unpaired) electrons. The van der Waals surface area contributed by atoms with Crippen molar-refractivity contribution in [1.29, 1.82) is 0 Å². The van der Waals surface area contributed by atoms with Gasteiger partial charge in [-0.15, -0.1) is 0 Å². The minimum absolute atomic E-state index is 0.0349. The number of amides is 1. The molecule has 1 rings (SSSR count). The van der Waals surface area contributed by atoms with E-state index in [1.165, 1.54) is 5.56 Å². The molecule has 0 aromatic carbocycles. The SMILES string of the molecule is CC(C)(CCO)CNC(=O)CCc1ccsc1. The highest BCUT2D eigenvalue weighted by Crippen LogP contribution is 2.18. The number of carbonyl (C=O) groups excluding carboxylic acids is 1. The molecule has 0 aliphatic heterocycles. The highest BCUT2D eigenvalue weighted by Gasteiger charge is 2.17. The second-order valence-electron chi connectivity index (χ2n) is 5.05. The van der Waals surface area contributed by atoms with Crippen molar-refractivity contribution in [1.82, 2.24) is 5.32 Å². The molecule has 1 aromatic rings. The Balaban J connectivity index is 2.21. The van der Waals surface area contributed by atoms with Crippen LogP contribution >= 0.6 is 11.3 Å². The number of hydrogen-bond acceptors (Lipinski definition) is 3. The summed E-state index contributed by atoms with van der Waals surface area (Å²) in [5.41, 5.74) is 1.19. The molecule has 1 aromatic heterocycles. The first-order valence-electron chi connectivity index (χ1n) is 5.92. The average molecular weight is 255 g/mol. The third kappa shape index (κ3) is 5.84. The van der Waals surface area contributed by atoms with Crippen LogP contribution in [0.25, 0.3) is 0 Å². The van der Waals surface area contributed by atoms with Crippen LogP contribution in [0.4, 0.5) is 0 Å². The number of aryl methyl sites for hydroxylation is 1. The van der Waals surface area contributed by atoms with Crippen molar-refractivity contribution in [3.63, 3.8) is 0 Å². The molecule has 2 N–H and O–H groups in total. The molecular formula is C13H21NO2S. The van der Waals surface area contributed by atoms with Gasteiger partial charge in [-0.25, -0.2) is 0 Å². The fourth-order valence-electron chi connectivity index (χ4n) is 1.51. The van der Waals surface area contributed by atoms with Crippen LogP contribution in [0.15, 0.2) is 16.8 Å². The number of aliphatic hydroxyl groups excluding tert-OH is 1. The highest BCUT2D eigenvalue weighted by molar-refractivity contribution is 7.07. The average Bonchev–Trinajstić information content (AvgIpc) is 2.76. The summed E-state index contributed by atoms with van der Waals surface area (Å²) >= 11 is 1.66. The number of aliphatic hydroxyl groups is 1. The van der Waals surface area contributed by atoms with Crippen LogP contribution < -0.4 is 5.32 Å². The monoisotopic (exact) mass is 255 g/mol. The van der Waals surface area contributed by atoms with Crippen LogP contribution in [0.3, 0.4) is 0 Å². The number of nitrogens with one attached hydrogen (secondary N) is 1. The van der Waals surface area contributed by atoms with Gasteiger partial charge in [0.15, 0.2) is 0 Å². The molecule has 0 spiro atoms. The second kappa shape index (κ2) is 6.77. The van der Waals surface area contributed by atoms with Crippen molar-refractivity contribution in [2.75, 3.05) is 13.2 Å². The van der Waals surface area contributed by atoms with Gasteiger partial charge in [-0.05, 0) is 40.6 Å². The van der Waals surface area contributed by atoms with Gasteiger partial charge in [0.05, 0.1) is 0 Å². The summed E-state index contributed by atoms with van der Waals surface area (Å²) in [6.45, 7) is 4.87. The van der Waals surface area contributed by atoms with E-state index in [2.05, 4.69) is 10.7 Å². The summed E-state index contributed by atoms with van der Waals surface area (Å²) in [4.78, 5) is 11.6. The van der Waals surface area contributed by atoms with E-state index in [1.807, 2.05) is 25.3 Å². The van der Waals surface area contributed by atoms with Gasteiger partial charge in [-0.2, -0.15) is 11.3 Å². The van der Waals surface area contributed by atoms with Crippen LogP contribution in [0.5, 0.6) is 0 Å². The van der Waals surface area contributed by atoms with Crippen molar-refractivity contribution in [3.05, 3.63) is 22.4 Å². The highest BCUT2D eigenvalue weighted by atomic mass is 32.1.